The predicted molar refractivity (Wildman–Crippen MR) is 70.9 cm³/mol. The van der Waals surface area contributed by atoms with Crippen molar-refractivity contribution in [1.82, 2.24) is 0 Å². The van der Waals surface area contributed by atoms with E-state index in [4.69, 9.17) is 0 Å². The Morgan fingerprint density at radius 3 is 2.33 bits per heavy atom. The second-order valence-corrected chi connectivity index (χ2v) is 3.51. The highest BCUT2D eigenvalue weighted by Crippen LogP contribution is 2.21. The predicted octanol–water partition coefficient (Wildman–Crippen LogP) is 4.98. The minimum Gasteiger partial charge on any atom is -0.0985 e. The number of hydrogen-bond donors (Lipinski definition) is 0. The van der Waals surface area contributed by atoms with Crippen LogP contribution in [-0.4, -0.2) is 0 Å². The van der Waals surface area contributed by atoms with Crippen LogP contribution in [0.3, 0.4) is 0 Å². The van der Waals surface area contributed by atoms with Crippen LogP contribution < -0.4 is 0 Å². The Kier molecular flexibility index (Phi) is 7.35. The summed E-state index contributed by atoms with van der Waals surface area (Å²) in [7, 11) is 0. The highest BCUT2D eigenvalue weighted by molar-refractivity contribution is 5.51. The average molecular weight is 202 g/mol. The van der Waals surface area contributed by atoms with Gasteiger partial charge in [-0.15, -0.1) is 0 Å². The quantitative estimate of drug-likeness (QED) is 0.592. The zero-order chi connectivity index (χ0) is 11.7. The van der Waals surface area contributed by atoms with Gasteiger partial charge in [0.25, 0.3) is 0 Å². The van der Waals surface area contributed by atoms with Crippen molar-refractivity contribution in [1.29, 1.82) is 0 Å². The second kappa shape index (κ2) is 8.05. The summed E-state index contributed by atoms with van der Waals surface area (Å²) in [5.74, 6) is 0. The van der Waals surface area contributed by atoms with Crippen molar-refractivity contribution in [3.63, 3.8) is 0 Å². The molecule has 0 atom stereocenters. The fourth-order valence-corrected chi connectivity index (χ4v) is 1.34. The van der Waals surface area contributed by atoms with Gasteiger partial charge >= 0.3 is 0 Å². The van der Waals surface area contributed by atoms with Crippen LogP contribution >= 0.6 is 0 Å². The first-order valence-corrected chi connectivity index (χ1v) is 5.54. The van der Waals surface area contributed by atoms with Crippen LogP contribution in [0.2, 0.25) is 0 Å². The molecule has 1 aliphatic carbocycles. The highest BCUT2D eigenvalue weighted by Gasteiger charge is 2.01. The molecular weight excluding hydrogens is 180 g/mol. The van der Waals surface area contributed by atoms with Crippen LogP contribution in [0.1, 0.15) is 33.6 Å². The smallest absolute Gasteiger partial charge is 0.0157 e. The molecule has 82 valence electrons. The molecule has 0 N–H and O–H groups in total. The first-order valence-electron chi connectivity index (χ1n) is 5.54. The van der Waals surface area contributed by atoms with Crippen LogP contribution in [0, 0.1) is 0 Å². The first kappa shape index (κ1) is 13.7. The first-order chi connectivity index (χ1) is 7.21. The number of rotatable bonds is 2. The summed E-state index contributed by atoms with van der Waals surface area (Å²) in [5, 5.41) is 0. The molecule has 0 aromatic heterocycles. The minimum atomic E-state index is 0.982. The van der Waals surface area contributed by atoms with Crippen molar-refractivity contribution in [2.24, 2.45) is 0 Å². The van der Waals surface area contributed by atoms with E-state index in [2.05, 4.69) is 52.2 Å². The third kappa shape index (κ3) is 4.64. The summed E-state index contributed by atoms with van der Waals surface area (Å²) in [6.07, 6.45) is 12.4. The molecule has 0 fully saturated rings. The average Bonchev–Trinajstić information content (AvgIpc) is 2.40. The topological polar surface area (TPSA) is 0 Å². The zero-order valence-electron chi connectivity index (χ0n) is 10.2. The van der Waals surface area contributed by atoms with Gasteiger partial charge in [-0.3, -0.25) is 0 Å². The normalized spacial score (nSPS) is 14.7. The van der Waals surface area contributed by atoms with E-state index in [1.54, 1.807) is 0 Å². The molecule has 0 radical (unpaired) electrons. The summed E-state index contributed by atoms with van der Waals surface area (Å²) in [6, 6.07) is 0. The standard InChI is InChI=1S/C12H14.C3H8/c1-4-11-9-7-6-8-10(3)12(11)5-2;1-3-2/h4-6,8-9H,1-2,7H2,3H3;3H2,1-2H3. The maximum atomic E-state index is 3.79. The zero-order valence-corrected chi connectivity index (χ0v) is 10.2. The fraction of sp³-hybridized carbons (Fsp3) is 0.333. The summed E-state index contributed by atoms with van der Waals surface area (Å²) < 4.78 is 0. The van der Waals surface area contributed by atoms with Gasteiger partial charge in [0.1, 0.15) is 0 Å². The van der Waals surface area contributed by atoms with Gasteiger partial charge in [0, 0.05) is 0 Å². The molecule has 0 aromatic carbocycles. The van der Waals surface area contributed by atoms with Crippen molar-refractivity contribution in [3.8, 4) is 0 Å². The van der Waals surface area contributed by atoms with Gasteiger partial charge in [0.2, 0.25) is 0 Å². The van der Waals surface area contributed by atoms with Gasteiger partial charge < -0.3 is 0 Å². The molecule has 0 unspecified atom stereocenters. The van der Waals surface area contributed by atoms with Crippen LogP contribution in [-0.2, 0) is 0 Å². The van der Waals surface area contributed by atoms with E-state index in [0.717, 1.165) is 6.42 Å². The molecule has 0 heterocycles. The minimum absolute atomic E-state index is 0.982. The van der Waals surface area contributed by atoms with E-state index in [1.165, 1.54) is 23.1 Å². The Balaban J connectivity index is 0.000000583. The number of hydrogen-bond acceptors (Lipinski definition) is 0. The number of allylic oxidation sites excluding steroid dienone is 8. The van der Waals surface area contributed by atoms with Gasteiger partial charge in [-0.05, 0) is 30.1 Å². The van der Waals surface area contributed by atoms with Crippen molar-refractivity contribution in [2.75, 3.05) is 0 Å². The highest BCUT2D eigenvalue weighted by atomic mass is 14.1. The van der Waals surface area contributed by atoms with Gasteiger partial charge in [0.05, 0.1) is 0 Å². The van der Waals surface area contributed by atoms with E-state index >= 15 is 0 Å². The fourth-order valence-electron chi connectivity index (χ4n) is 1.34. The molecule has 0 saturated heterocycles. The summed E-state index contributed by atoms with van der Waals surface area (Å²) in [5.41, 5.74) is 3.64. The van der Waals surface area contributed by atoms with Gasteiger partial charge in [-0.2, -0.15) is 0 Å². The van der Waals surface area contributed by atoms with Gasteiger partial charge in [-0.1, -0.05) is 63.8 Å². The molecule has 1 aliphatic rings. The van der Waals surface area contributed by atoms with E-state index < -0.39 is 0 Å². The molecule has 0 bridgehead atoms. The SMILES string of the molecule is C=CC1=CCC=CC(C)=C1C=C.CCC. The lowest BCUT2D eigenvalue weighted by molar-refractivity contribution is 1.09. The van der Waals surface area contributed by atoms with E-state index in [0.29, 0.717) is 0 Å². The molecule has 1 rings (SSSR count). The lowest BCUT2D eigenvalue weighted by Gasteiger charge is -2.03. The Morgan fingerprint density at radius 1 is 1.27 bits per heavy atom. The summed E-state index contributed by atoms with van der Waals surface area (Å²) in [4.78, 5) is 0. The summed E-state index contributed by atoms with van der Waals surface area (Å²) >= 11 is 0. The largest absolute Gasteiger partial charge is 0.0985 e. The Morgan fingerprint density at radius 2 is 1.87 bits per heavy atom. The van der Waals surface area contributed by atoms with E-state index in [-0.39, 0.29) is 0 Å². The Labute approximate surface area is 94.4 Å². The molecule has 0 aromatic rings. The molecule has 0 saturated carbocycles. The van der Waals surface area contributed by atoms with Crippen molar-refractivity contribution in [2.45, 2.75) is 33.6 Å². The van der Waals surface area contributed by atoms with Crippen LogP contribution in [0.15, 0.2) is 60.3 Å². The van der Waals surface area contributed by atoms with E-state index in [1.807, 2.05) is 12.2 Å². The lowest BCUT2D eigenvalue weighted by Crippen LogP contribution is -1.84. The van der Waals surface area contributed by atoms with Crippen molar-refractivity contribution in [3.05, 3.63) is 60.3 Å². The molecular formula is C15H22. The van der Waals surface area contributed by atoms with Crippen LogP contribution in [0.25, 0.3) is 0 Å². The third-order valence-corrected chi connectivity index (χ3v) is 2.00. The van der Waals surface area contributed by atoms with Gasteiger partial charge in [-0.25, -0.2) is 0 Å². The summed E-state index contributed by atoms with van der Waals surface area (Å²) in [6.45, 7) is 13.9. The second-order valence-electron chi connectivity index (χ2n) is 3.51. The third-order valence-electron chi connectivity index (χ3n) is 2.00. The monoisotopic (exact) mass is 202 g/mol. The Bertz CT molecular complexity index is 298. The Hall–Kier alpha value is -1.30. The maximum Gasteiger partial charge on any atom is -0.0157 e. The van der Waals surface area contributed by atoms with Crippen LogP contribution in [0.5, 0.6) is 0 Å². The molecule has 0 amide bonds. The molecule has 0 heteroatoms. The molecule has 15 heavy (non-hydrogen) atoms. The maximum absolute atomic E-state index is 3.79. The lowest BCUT2D eigenvalue weighted by atomic mass is 10.0. The van der Waals surface area contributed by atoms with Crippen LogP contribution in [0.4, 0.5) is 0 Å². The van der Waals surface area contributed by atoms with Crippen molar-refractivity contribution < 1.29 is 0 Å². The molecule has 0 aliphatic heterocycles. The van der Waals surface area contributed by atoms with Crippen molar-refractivity contribution >= 4 is 0 Å². The van der Waals surface area contributed by atoms with Gasteiger partial charge in [0.15, 0.2) is 0 Å². The molecule has 0 nitrogen and oxygen atoms in total. The van der Waals surface area contributed by atoms with E-state index in [9.17, 15) is 0 Å². The molecule has 0 spiro atoms.